The number of anilines is 6. The van der Waals surface area contributed by atoms with Crippen LogP contribution >= 0.6 is 80.4 Å². The molecule has 0 bridgehead atoms. The van der Waals surface area contributed by atoms with Gasteiger partial charge in [0.2, 0.25) is 17.8 Å². The molecule has 12 aromatic rings. The van der Waals surface area contributed by atoms with Gasteiger partial charge in [-0.25, -0.2) is 14.0 Å². The zero-order chi connectivity index (χ0) is 67.8. The highest BCUT2D eigenvalue weighted by atomic mass is 35.5. The first kappa shape index (κ1) is 67.1. The molecule has 0 radical (unpaired) electrons. The summed E-state index contributed by atoms with van der Waals surface area (Å²) in [5.74, 6) is -0.192. The van der Waals surface area contributed by atoms with Crippen LogP contribution in [0.15, 0.2) is 183 Å². The third kappa shape index (κ3) is 16.2. The molecule has 32 heteroatoms. The highest BCUT2D eigenvalue weighted by Crippen LogP contribution is 2.47. The van der Waals surface area contributed by atoms with Gasteiger partial charge in [0.05, 0.1) is 5.69 Å². The number of nitrogens with one attached hydrogen (secondary N) is 3. The minimum absolute atomic E-state index is 0.0955. The number of rotatable bonds is 21. The molecule has 0 saturated heterocycles. The van der Waals surface area contributed by atoms with Crippen molar-refractivity contribution in [2.45, 2.75) is 45.4 Å². The van der Waals surface area contributed by atoms with E-state index in [0.717, 1.165) is 50.7 Å². The molecular weight excluding hydrogens is 1380 g/mol. The van der Waals surface area contributed by atoms with E-state index in [2.05, 4.69) is 55.7 Å². The Kier molecular flexibility index (Phi) is 20.6. The molecule has 0 saturated carbocycles. The standard InChI is InChI=1S/C22H16ClF2N5O4S.C21H17Cl2N5O2S.C21H18ClN5O2S/c1-11(12-5-2-3-6-13(12)23)32-16-9-17(35-19(16)20(26)31)30-10-27-21(29-30)28-14-7-4-8-15-18(14)34-22(24,25)33-15;1-12(15-7-2-3-8-16(15)23)30-17-10-18(31-19(17)20(24)29)28-11-25-21(27-28)26-14-6-4-5-13(22)9-14;1-13(15-9-5-6-10-16(15)22)29-17-11-18(30-19(17)20(23)28)27-12-24-21(26-27)25-14-7-3-2-4-8-14/h2-11H,1H3,(H2,26,31)(H,28,29);2-12H,1H3,(H2,24,29)(H,26,27);2-13H,1H3,(H2,23,28)(H,25,26). The Hall–Kier alpha value is -10.3. The number of hydrogen-bond donors (Lipinski definition) is 6. The van der Waals surface area contributed by atoms with Gasteiger partial charge < -0.3 is 56.8 Å². The highest BCUT2D eigenvalue weighted by Gasteiger charge is 2.44. The van der Waals surface area contributed by atoms with Crippen molar-refractivity contribution in [2.24, 2.45) is 17.2 Å². The van der Waals surface area contributed by atoms with E-state index in [1.54, 1.807) is 72.5 Å². The number of halogens is 6. The lowest BCUT2D eigenvalue weighted by Gasteiger charge is -2.16. The van der Waals surface area contributed by atoms with Crippen LogP contribution in [0.1, 0.15) is 84.8 Å². The molecule has 1 aliphatic rings. The zero-order valence-corrected chi connectivity index (χ0v) is 55.5. The first-order valence-electron chi connectivity index (χ1n) is 28.4. The van der Waals surface area contributed by atoms with E-state index in [1.165, 1.54) is 51.6 Å². The molecule has 0 fully saturated rings. The van der Waals surface area contributed by atoms with E-state index in [1.807, 2.05) is 105 Å². The predicted octanol–water partition coefficient (Wildman–Crippen LogP) is 15.9. The normalized spacial score (nSPS) is 12.8. The lowest BCUT2D eigenvalue weighted by Crippen LogP contribution is -2.26. The Labute approximate surface area is 576 Å². The zero-order valence-electron chi connectivity index (χ0n) is 50.1. The third-order valence-electron chi connectivity index (χ3n) is 13.6. The van der Waals surface area contributed by atoms with Crippen LogP contribution < -0.4 is 56.8 Å². The predicted molar refractivity (Wildman–Crippen MR) is 365 cm³/mol. The van der Waals surface area contributed by atoms with E-state index < -0.39 is 30.1 Å². The molecule has 23 nitrogen and oxygen atoms in total. The van der Waals surface area contributed by atoms with Gasteiger partial charge in [-0.3, -0.25) is 14.4 Å². The Bertz CT molecular complexity index is 4780. The van der Waals surface area contributed by atoms with E-state index in [4.69, 9.17) is 77.8 Å². The maximum absolute atomic E-state index is 13.4. The van der Waals surface area contributed by atoms with Gasteiger partial charge in [0, 0.05) is 66.4 Å². The maximum Gasteiger partial charge on any atom is 0.586 e. The number of primary amides is 3. The van der Waals surface area contributed by atoms with Gasteiger partial charge in [0.15, 0.2) is 11.5 Å². The van der Waals surface area contributed by atoms with Gasteiger partial charge in [-0.1, -0.05) is 131 Å². The number of nitrogens with zero attached hydrogens (tertiary/aromatic N) is 9. The Balaban J connectivity index is 0.000000147. The first-order valence-corrected chi connectivity index (χ1v) is 32.4. The number of thiophene rings is 3. The topological polar surface area (TPSA) is 304 Å². The second kappa shape index (κ2) is 29.5. The summed E-state index contributed by atoms with van der Waals surface area (Å²) in [6, 6.07) is 48.2. The molecule has 3 unspecified atom stereocenters. The van der Waals surface area contributed by atoms with Gasteiger partial charge in [-0.05, 0) is 81.4 Å². The molecule has 3 amide bonds. The third-order valence-corrected chi connectivity index (χ3v) is 18.2. The van der Waals surface area contributed by atoms with Crippen LogP contribution in [0, 0.1) is 0 Å². The van der Waals surface area contributed by atoms with Crippen LogP contribution in [0.2, 0.25) is 20.1 Å². The van der Waals surface area contributed by atoms with Crippen molar-refractivity contribution in [3.63, 3.8) is 0 Å². The van der Waals surface area contributed by atoms with Crippen LogP contribution in [0.3, 0.4) is 0 Å². The summed E-state index contributed by atoms with van der Waals surface area (Å²) in [6.07, 6.45) is -0.497. The number of benzene rings is 6. The van der Waals surface area contributed by atoms with E-state index in [9.17, 15) is 23.2 Å². The average molecular weight is 1430 g/mol. The molecule has 0 spiro atoms. The molecule has 96 heavy (non-hydrogen) atoms. The second-order valence-electron chi connectivity index (χ2n) is 20.4. The summed E-state index contributed by atoms with van der Waals surface area (Å²) < 4.78 is 58.4. The minimum Gasteiger partial charge on any atom is -0.484 e. The fraction of sp³-hybridized carbons (Fsp3) is 0.109. The number of carbonyl (C=O) groups excluding carboxylic acids is 3. The summed E-state index contributed by atoms with van der Waals surface area (Å²) in [6.45, 7) is 5.51. The molecular formula is C64H51Cl4F2N15O8S3. The number of alkyl halides is 2. The van der Waals surface area contributed by atoms with Crippen LogP contribution in [-0.2, 0) is 0 Å². The Morgan fingerprint density at radius 3 is 1.26 bits per heavy atom. The van der Waals surface area contributed by atoms with Gasteiger partial charge >= 0.3 is 6.29 Å². The minimum atomic E-state index is -3.76. The smallest absolute Gasteiger partial charge is 0.484 e. The molecule has 0 aliphatic carbocycles. The average Bonchev–Trinajstić information content (AvgIpc) is 1.66. The monoisotopic (exact) mass is 1430 g/mol. The number of carbonyl (C=O) groups is 3. The maximum atomic E-state index is 13.4. The van der Waals surface area contributed by atoms with Crippen molar-refractivity contribution < 1.29 is 46.8 Å². The number of amides is 3. The number of para-hydroxylation sites is 2. The molecule has 13 rings (SSSR count). The first-order chi connectivity index (χ1) is 46.1. The largest absolute Gasteiger partial charge is 0.586 e. The summed E-state index contributed by atoms with van der Waals surface area (Å²) in [5, 5.41) is 26.2. The van der Waals surface area contributed by atoms with Crippen molar-refractivity contribution in [2.75, 3.05) is 16.0 Å². The number of hydrogen-bond acceptors (Lipinski definition) is 20. The quantitative estimate of drug-likeness (QED) is 0.0389. The number of nitrogens with two attached hydrogens (primary N) is 3. The summed E-state index contributed by atoms with van der Waals surface area (Å²) in [5.41, 5.74) is 20.9. The molecule has 6 aromatic heterocycles. The molecule has 3 atom stereocenters. The van der Waals surface area contributed by atoms with Crippen molar-refractivity contribution in [1.82, 2.24) is 44.3 Å². The number of aromatic nitrogens is 9. The van der Waals surface area contributed by atoms with Crippen molar-refractivity contribution in [3.8, 4) is 43.8 Å². The molecule has 490 valence electrons. The number of ether oxygens (including phenoxy) is 5. The van der Waals surface area contributed by atoms with Crippen LogP contribution in [0.4, 0.5) is 43.7 Å². The molecule has 1 aliphatic heterocycles. The number of fused-ring (bicyclic) bond motifs is 1. The fourth-order valence-electron chi connectivity index (χ4n) is 9.19. The Morgan fingerprint density at radius 1 is 0.479 bits per heavy atom. The lowest BCUT2D eigenvalue weighted by molar-refractivity contribution is -0.286. The van der Waals surface area contributed by atoms with Gasteiger partial charge in [-0.15, -0.1) is 58.1 Å². The fourth-order valence-corrected chi connectivity index (χ4v) is 12.8. The molecule has 6 aromatic carbocycles. The summed E-state index contributed by atoms with van der Waals surface area (Å²) in [4.78, 5) is 49.4. The lowest BCUT2D eigenvalue weighted by atomic mass is 10.1. The second-order valence-corrected chi connectivity index (χ2v) is 25.1. The Morgan fingerprint density at radius 2 is 0.854 bits per heavy atom. The summed E-state index contributed by atoms with van der Waals surface area (Å²) in [7, 11) is 0. The van der Waals surface area contributed by atoms with Crippen molar-refractivity contribution in [1.29, 1.82) is 0 Å². The van der Waals surface area contributed by atoms with Gasteiger partial charge in [0.25, 0.3) is 17.7 Å². The molecule has 7 heterocycles. The van der Waals surface area contributed by atoms with Gasteiger partial charge in [0.1, 0.15) is 84.2 Å². The molecule has 9 N–H and O–H groups in total. The van der Waals surface area contributed by atoms with Crippen molar-refractivity contribution >= 4 is 133 Å². The van der Waals surface area contributed by atoms with Crippen LogP contribution in [-0.4, -0.2) is 68.3 Å². The van der Waals surface area contributed by atoms with Crippen LogP contribution in [0.5, 0.6) is 28.7 Å². The van der Waals surface area contributed by atoms with E-state index in [0.29, 0.717) is 63.4 Å². The SMILES string of the molecule is CC(Oc1cc(-n2cnc(Nc3cccc(Cl)c3)n2)sc1C(N)=O)c1ccccc1Cl.CC(Oc1cc(-n2cnc(Nc3cccc4c3OC(F)(F)O4)n2)sc1C(N)=O)c1ccccc1Cl.CC(Oc1cc(-n2cnc(Nc3ccccc3)n2)sc1C(N)=O)c1ccccc1Cl. The highest BCUT2D eigenvalue weighted by molar-refractivity contribution is 7.17. The summed E-state index contributed by atoms with van der Waals surface area (Å²) >= 11 is 28.2. The van der Waals surface area contributed by atoms with Gasteiger partial charge in [-0.2, -0.15) is 15.0 Å². The van der Waals surface area contributed by atoms with E-state index in [-0.39, 0.29) is 50.8 Å². The van der Waals surface area contributed by atoms with Crippen LogP contribution in [0.25, 0.3) is 15.0 Å². The van der Waals surface area contributed by atoms with E-state index >= 15 is 0 Å². The van der Waals surface area contributed by atoms with Crippen molar-refractivity contribution in [3.05, 3.63) is 234 Å².